The molecule has 5 rings (SSSR count). The first-order chi connectivity index (χ1) is 21.1. The second-order valence-electron chi connectivity index (χ2n) is 11.6. The van der Waals surface area contributed by atoms with Gasteiger partial charge in [0.15, 0.2) is 0 Å². The van der Waals surface area contributed by atoms with Crippen LogP contribution in [0.15, 0.2) is 78.9 Å². The molecule has 8 heteroatoms. The van der Waals surface area contributed by atoms with E-state index in [1.807, 2.05) is 37.4 Å². The lowest BCUT2D eigenvalue weighted by Crippen LogP contribution is -2.37. The number of rotatable bonds is 9. The second kappa shape index (κ2) is 12.9. The number of likely N-dealkylation sites (N-methyl/N-ethyl adjacent to an activating group) is 1. The van der Waals surface area contributed by atoms with E-state index in [0.29, 0.717) is 46.1 Å². The molecular formula is C36H41ClN4O3. The first kappa shape index (κ1) is 31.4. The second-order valence-corrected chi connectivity index (χ2v) is 12.0. The van der Waals surface area contributed by atoms with Gasteiger partial charge in [0.25, 0.3) is 5.91 Å². The first-order valence-corrected chi connectivity index (χ1v) is 15.5. The van der Waals surface area contributed by atoms with Crippen molar-refractivity contribution >= 4 is 23.2 Å². The fourth-order valence-electron chi connectivity index (χ4n) is 6.22. The standard InChI is InChI=1S/C36H41ClN4O3/c1-8-21(2)33-26(11-10-14-30(33)38-35(43)29-20-41(17-18-42)24(5)40(6)23(29)4)27-12-9-13-28(34(27)37)31-19-25-16-15-22(3)32(25)36(39-31)44-7/h9-14,19-22,42H,4-5,8,15-18H2,1-3,6-7H3,(H,38,43). The van der Waals surface area contributed by atoms with Crippen LogP contribution < -0.4 is 10.1 Å². The lowest BCUT2D eigenvalue weighted by atomic mass is 9.87. The molecule has 0 radical (unpaired) electrons. The summed E-state index contributed by atoms with van der Waals surface area (Å²) in [6, 6.07) is 14.1. The summed E-state index contributed by atoms with van der Waals surface area (Å²) >= 11 is 7.22. The van der Waals surface area contributed by atoms with Gasteiger partial charge < -0.3 is 25.0 Å². The molecule has 3 aromatic rings. The van der Waals surface area contributed by atoms with Crippen molar-refractivity contribution in [2.24, 2.45) is 0 Å². The van der Waals surface area contributed by atoms with Crippen LogP contribution in [0.3, 0.4) is 0 Å². The van der Waals surface area contributed by atoms with Gasteiger partial charge in [-0.3, -0.25) is 4.79 Å². The number of aryl methyl sites for hydroxylation is 1. The zero-order valence-electron chi connectivity index (χ0n) is 26.2. The monoisotopic (exact) mass is 612 g/mol. The molecule has 0 saturated carbocycles. The minimum absolute atomic E-state index is 0.0718. The number of aliphatic hydroxyl groups is 1. The van der Waals surface area contributed by atoms with Crippen LogP contribution in [0.2, 0.25) is 5.02 Å². The quantitative estimate of drug-likeness (QED) is 0.258. The summed E-state index contributed by atoms with van der Waals surface area (Å²) in [6.07, 6.45) is 4.63. The third-order valence-corrected chi connectivity index (χ3v) is 9.38. The minimum Gasteiger partial charge on any atom is -0.481 e. The number of ether oxygens (including phenoxy) is 1. The third kappa shape index (κ3) is 5.62. The first-order valence-electron chi connectivity index (χ1n) is 15.1. The number of carbonyl (C=O) groups is 1. The number of nitrogens with zero attached hydrogens (tertiary/aromatic N) is 3. The number of hydrogen-bond donors (Lipinski definition) is 2. The van der Waals surface area contributed by atoms with Gasteiger partial charge in [-0.15, -0.1) is 0 Å². The fraction of sp³-hybridized carbons (Fsp3) is 0.333. The maximum atomic E-state index is 13.7. The van der Waals surface area contributed by atoms with Gasteiger partial charge in [0.2, 0.25) is 5.88 Å². The Morgan fingerprint density at radius 2 is 1.91 bits per heavy atom. The number of nitrogens with one attached hydrogen (secondary N) is 1. The Bertz CT molecular complexity index is 1660. The van der Waals surface area contributed by atoms with Gasteiger partial charge >= 0.3 is 0 Å². The molecule has 0 spiro atoms. The highest BCUT2D eigenvalue weighted by molar-refractivity contribution is 6.36. The van der Waals surface area contributed by atoms with Crippen molar-refractivity contribution in [1.29, 1.82) is 0 Å². The Balaban J connectivity index is 1.57. The summed E-state index contributed by atoms with van der Waals surface area (Å²) in [5.41, 5.74) is 8.55. The molecule has 2 aromatic carbocycles. The highest BCUT2D eigenvalue weighted by Crippen LogP contribution is 2.45. The predicted molar refractivity (Wildman–Crippen MR) is 179 cm³/mol. The van der Waals surface area contributed by atoms with Gasteiger partial charge in [-0.05, 0) is 59.9 Å². The van der Waals surface area contributed by atoms with E-state index < -0.39 is 0 Å². The van der Waals surface area contributed by atoms with Crippen LogP contribution in [0.25, 0.3) is 22.4 Å². The Morgan fingerprint density at radius 1 is 1.20 bits per heavy atom. The van der Waals surface area contributed by atoms with Gasteiger partial charge in [0.1, 0.15) is 5.82 Å². The van der Waals surface area contributed by atoms with E-state index in [-0.39, 0.29) is 18.4 Å². The molecule has 0 saturated heterocycles. The van der Waals surface area contributed by atoms with Gasteiger partial charge in [0, 0.05) is 47.9 Å². The highest BCUT2D eigenvalue weighted by atomic mass is 35.5. The number of β-amino-alcohol motifs (C(OH)–C–C–N with tert-alkyl or cyclic N) is 1. The van der Waals surface area contributed by atoms with Crippen molar-refractivity contribution in [3.8, 4) is 28.3 Å². The molecule has 230 valence electrons. The van der Waals surface area contributed by atoms with Gasteiger partial charge in [-0.25, -0.2) is 4.98 Å². The Labute approximate surface area is 265 Å². The lowest BCUT2D eigenvalue weighted by molar-refractivity contribution is -0.112. The average Bonchev–Trinajstić information content (AvgIpc) is 3.40. The molecule has 2 unspecified atom stereocenters. The molecule has 1 amide bonds. The van der Waals surface area contributed by atoms with Crippen molar-refractivity contribution in [1.82, 2.24) is 14.8 Å². The van der Waals surface area contributed by atoms with Crippen molar-refractivity contribution in [2.45, 2.75) is 51.9 Å². The van der Waals surface area contributed by atoms with Crippen LogP contribution in [0.5, 0.6) is 5.88 Å². The van der Waals surface area contributed by atoms with E-state index in [0.717, 1.165) is 47.2 Å². The maximum Gasteiger partial charge on any atom is 0.259 e. The Hall–Kier alpha value is -4.07. The number of fused-ring (bicyclic) bond motifs is 1. The third-order valence-electron chi connectivity index (χ3n) is 8.97. The molecule has 1 aromatic heterocycles. The molecule has 2 atom stereocenters. The van der Waals surface area contributed by atoms with Gasteiger partial charge in [-0.2, -0.15) is 0 Å². The van der Waals surface area contributed by atoms with Crippen molar-refractivity contribution < 1.29 is 14.6 Å². The number of aliphatic hydroxyl groups excluding tert-OH is 1. The number of methoxy groups -OCH3 is 1. The number of carbonyl (C=O) groups excluding carboxylic acids is 1. The number of aromatic nitrogens is 1. The van der Waals surface area contributed by atoms with E-state index >= 15 is 0 Å². The van der Waals surface area contributed by atoms with E-state index in [1.54, 1.807) is 23.1 Å². The summed E-state index contributed by atoms with van der Waals surface area (Å²) < 4.78 is 5.72. The smallest absolute Gasteiger partial charge is 0.259 e. The largest absolute Gasteiger partial charge is 0.481 e. The van der Waals surface area contributed by atoms with Crippen LogP contribution in [0, 0.1) is 0 Å². The van der Waals surface area contributed by atoms with E-state index in [2.05, 4.69) is 51.4 Å². The zero-order chi connectivity index (χ0) is 31.7. The Kier molecular flexibility index (Phi) is 9.18. The summed E-state index contributed by atoms with van der Waals surface area (Å²) in [6.45, 7) is 14.9. The van der Waals surface area contributed by atoms with E-state index in [9.17, 15) is 9.90 Å². The number of anilines is 1. The van der Waals surface area contributed by atoms with E-state index in [4.69, 9.17) is 21.3 Å². The molecule has 1 aliphatic carbocycles. The molecule has 2 aliphatic rings. The van der Waals surface area contributed by atoms with Crippen molar-refractivity contribution in [3.63, 3.8) is 0 Å². The summed E-state index contributed by atoms with van der Waals surface area (Å²) in [7, 11) is 3.48. The lowest BCUT2D eigenvalue weighted by Gasteiger charge is -2.37. The van der Waals surface area contributed by atoms with E-state index in [1.165, 1.54) is 11.1 Å². The number of hydrogen-bond acceptors (Lipinski definition) is 6. The highest BCUT2D eigenvalue weighted by Gasteiger charge is 2.29. The molecule has 2 N–H and O–H groups in total. The van der Waals surface area contributed by atoms with Crippen LogP contribution >= 0.6 is 11.6 Å². The van der Waals surface area contributed by atoms with Crippen LogP contribution in [0.1, 0.15) is 62.1 Å². The number of halogens is 1. The molecule has 7 nitrogen and oxygen atoms in total. The zero-order valence-corrected chi connectivity index (χ0v) is 27.0. The number of benzene rings is 2. The van der Waals surface area contributed by atoms with Gasteiger partial charge in [0.05, 0.1) is 30.0 Å². The Morgan fingerprint density at radius 3 is 2.61 bits per heavy atom. The fourth-order valence-corrected chi connectivity index (χ4v) is 6.55. The average molecular weight is 613 g/mol. The van der Waals surface area contributed by atoms with Gasteiger partial charge in [-0.1, -0.05) is 75.9 Å². The molecule has 1 aliphatic heterocycles. The molecule has 2 heterocycles. The van der Waals surface area contributed by atoms with Crippen LogP contribution in [-0.4, -0.2) is 53.1 Å². The van der Waals surface area contributed by atoms with Crippen LogP contribution in [0.4, 0.5) is 5.69 Å². The summed E-state index contributed by atoms with van der Waals surface area (Å²) in [5, 5.41) is 13.3. The maximum absolute atomic E-state index is 13.7. The number of pyridine rings is 1. The predicted octanol–water partition coefficient (Wildman–Crippen LogP) is 7.69. The SMILES string of the molecule is C=C1C(C(=O)Nc2cccc(-c3cccc(-c4cc5c(c(OC)n4)C(C)CC5)c3Cl)c2C(C)CC)=CN(CCO)C(=C)N1C. The topological polar surface area (TPSA) is 77.9 Å². The van der Waals surface area contributed by atoms with Crippen molar-refractivity contribution in [3.05, 3.63) is 101 Å². The molecule has 0 bridgehead atoms. The normalized spacial score (nSPS) is 17.0. The molecule has 0 fully saturated rings. The van der Waals surface area contributed by atoms with Crippen LogP contribution in [-0.2, 0) is 11.2 Å². The summed E-state index contributed by atoms with van der Waals surface area (Å²) in [5.74, 6) is 1.56. The number of amides is 1. The molecular weight excluding hydrogens is 572 g/mol. The molecule has 44 heavy (non-hydrogen) atoms. The van der Waals surface area contributed by atoms with Crippen molar-refractivity contribution in [2.75, 3.05) is 32.6 Å². The minimum atomic E-state index is -0.289. The summed E-state index contributed by atoms with van der Waals surface area (Å²) in [4.78, 5) is 22.1.